The Morgan fingerprint density at radius 1 is 1.38 bits per heavy atom. The quantitative estimate of drug-likeness (QED) is 0.629. The molecule has 1 unspecified atom stereocenters. The molecule has 0 bridgehead atoms. The molecule has 1 rings (SSSR count). The van der Waals surface area contributed by atoms with Crippen LogP contribution in [0.15, 0.2) is 0 Å². The first kappa shape index (κ1) is 13.9. The van der Waals surface area contributed by atoms with E-state index in [-0.39, 0.29) is 5.54 Å². The molecular formula is C13H24N2S. The normalized spacial score (nSPS) is 19.1. The fraction of sp³-hybridized carbons (Fsp3) is 0.923. The van der Waals surface area contributed by atoms with E-state index >= 15 is 0 Å². The van der Waals surface area contributed by atoms with Crippen molar-refractivity contribution in [1.29, 1.82) is 5.26 Å². The van der Waals surface area contributed by atoms with Crippen LogP contribution in [0.1, 0.15) is 46.0 Å². The first-order valence-electron chi connectivity index (χ1n) is 6.53. The summed E-state index contributed by atoms with van der Waals surface area (Å²) in [5.41, 5.74) is -0.231. The fourth-order valence-electron chi connectivity index (χ4n) is 2.06. The summed E-state index contributed by atoms with van der Waals surface area (Å²) in [4.78, 5) is 0. The minimum absolute atomic E-state index is 0.231. The lowest BCUT2D eigenvalue weighted by Crippen LogP contribution is -2.48. The third-order valence-corrected chi connectivity index (χ3v) is 4.42. The summed E-state index contributed by atoms with van der Waals surface area (Å²) in [6.07, 6.45) is 6.35. The number of thioether (sulfide) groups is 1. The molecule has 16 heavy (non-hydrogen) atoms. The second kappa shape index (κ2) is 7.19. The Kier molecular flexibility index (Phi) is 6.23. The highest BCUT2D eigenvalue weighted by Gasteiger charge is 2.44. The molecule has 0 aromatic heterocycles. The van der Waals surface area contributed by atoms with Gasteiger partial charge in [-0.3, -0.25) is 5.32 Å². The van der Waals surface area contributed by atoms with Crippen LogP contribution in [-0.4, -0.2) is 23.6 Å². The van der Waals surface area contributed by atoms with Crippen LogP contribution in [0.25, 0.3) is 0 Å². The number of rotatable bonds is 9. The highest BCUT2D eigenvalue weighted by atomic mass is 32.2. The molecule has 92 valence electrons. The van der Waals surface area contributed by atoms with Crippen molar-refractivity contribution in [3.8, 4) is 6.07 Å². The summed E-state index contributed by atoms with van der Waals surface area (Å²) in [7, 11) is 0. The van der Waals surface area contributed by atoms with Crippen LogP contribution < -0.4 is 5.32 Å². The van der Waals surface area contributed by atoms with Crippen LogP contribution in [-0.2, 0) is 0 Å². The second-order valence-corrected chi connectivity index (χ2v) is 5.75. The van der Waals surface area contributed by atoms with Crippen molar-refractivity contribution in [3.05, 3.63) is 0 Å². The molecule has 0 aromatic rings. The number of nitriles is 1. The van der Waals surface area contributed by atoms with E-state index in [4.69, 9.17) is 0 Å². The van der Waals surface area contributed by atoms with Gasteiger partial charge in [-0.25, -0.2) is 0 Å². The monoisotopic (exact) mass is 240 g/mol. The van der Waals surface area contributed by atoms with Crippen molar-refractivity contribution >= 4 is 11.8 Å². The van der Waals surface area contributed by atoms with Gasteiger partial charge in [0.15, 0.2) is 0 Å². The predicted molar refractivity (Wildman–Crippen MR) is 71.6 cm³/mol. The van der Waals surface area contributed by atoms with Gasteiger partial charge in [-0.2, -0.15) is 17.0 Å². The summed E-state index contributed by atoms with van der Waals surface area (Å²) in [6.45, 7) is 5.23. The van der Waals surface area contributed by atoms with Crippen LogP contribution in [0.2, 0.25) is 0 Å². The van der Waals surface area contributed by atoms with E-state index < -0.39 is 0 Å². The van der Waals surface area contributed by atoms with Crippen molar-refractivity contribution in [1.82, 2.24) is 5.32 Å². The highest BCUT2D eigenvalue weighted by Crippen LogP contribution is 2.41. The Morgan fingerprint density at radius 3 is 2.62 bits per heavy atom. The maximum Gasteiger partial charge on any atom is 0.118 e. The van der Waals surface area contributed by atoms with E-state index in [0.717, 1.165) is 12.3 Å². The van der Waals surface area contributed by atoms with E-state index in [1.807, 2.05) is 11.8 Å². The van der Waals surface area contributed by atoms with Gasteiger partial charge in [0.05, 0.1) is 6.07 Å². The minimum Gasteiger partial charge on any atom is -0.299 e. The molecule has 1 saturated carbocycles. The van der Waals surface area contributed by atoms with Crippen LogP contribution in [0.3, 0.4) is 0 Å². The zero-order valence-corrected chi connectivity index (χ0v) is 11.4. The van der Waals surface area contributed by atoms with Crippen molar-refractivity contribution in [3.63, 3.8) is 0 Å². The van der Waals surface area contributed by atoms with E-state index in [1.165, 1.54) is 37.9 Å². The van der Waals surface area contributed by atoms with Gasteiger partial charge in [-0.05, 0) is 37.5 Å². The molecule has 0 aliphatic heterocycles. The van der Waals surface area contributed by atoms with Crippen molar-refractivity contribution in [2.24, 2.45) is 5.92 Å². The fourth-order valence-corrected chi connectivity index (χ4v) is 3.33. The second-order valence-electron chi connectivity index (χ2n) is 4.65. The SMILES string of the molecule is CCCCCSCC(C#N)(NCC)C1CC1. The molecule has 1 aliphatic rings. The summed E-state index contributed by atoms with van der Waals surface area (Å²) in [6, 6.07) is 2.54. The third-order valence-electron chi connectivity index (χ3n) is 3.19. The Labute approximate surface area is 104 Å². The number of unbranched alkanes of at least 4 members (excludes halogenated alkanes) is 2. The maximum absolute atomic E-state index is 9.39. The molecule has 0 amide bonds. The molecule has 0 heterocycles. The topological polar surface area (TPSA) is 35.8 Å². The van der Waals surface area contributed by atoms with Gasteiger partial charge in [0, 0.05) is 5.75 Å². The van der Waals surface area contributed by atoms with Crippen LogP contribution >= 0.6 is 11.8 Å². The molecule has 1 fully saturated rings. The number of hydrogen-bond acceptors (Lipinski definition) is 3. The minimum atomic E-state index is -0.231. The first-order chi connectivity index (χ1) is 7.79. The Bertz CT molecular complexity index is 233. The van der Waals surface area contributed by atoms with Gasteiger partial charge in [-0.15, -0.1) is 0 Å². The third kappa shape index (κ3) is 3.99. The Hall–Kier alpha value is -0.200. The summed E-state index contributed by atoms with van der Waals surface area (Å²) < 4.78 is 0. The zero-order valence-electron chi connectivity index (χ0n) is 10.6. The van der Waals surface area contributed by atoms with E-state index in [0.29, 0.717) is 5.92 Å². The van der Waals surface area contributed by atoms with Gasteiger partial charge in [0.2, 0.25) is 0 Å². The maximum atomic E-state index is 9.39. The Morgan fingerprint density at radius 2 is 2.12 bits per heavy atom. The molecule has 0 radical (unpaired) electrons. The summed E-state index contributed by atoms with van der Waals surface area (Å²) in [5.74, 6) is 2.78. The van der Waals surface area contributed by atoms with E-state index in [1.54, 1.807) is 0 Å². The molecule has 0 saturated heterocycles. The molecule has 1 aliphatic carbocycles. The molecule has 1 N–H and O–H groups in total. The number of hydrogen-bond donors (Lipinski definition) is 1. The van der Waals surface area contributed by atoms with Gasteiger partial charge < -0.3 is 0 Å². The van der Waals surface area contributed by atoms with Gasteiger partial charge >= 0.3 is 0 Å². The van der Waals surface area contributed by atoms with E-state index in [2.05, 4.69) is 25.2 Å². The van der Waals surface area contributed by atoms with E-state index in [9.17, 15) is 5.26 Å². The lowest BCUT2D eigenvalue weighted by molar-refractivity contribution is 0.416. The summed E-state index contributed by atoms with van der Waals surface area (Å²) >= 11 is 1.95. The standard InChI is InChI=1S/C13H24N2S/c1-3-5-6-9-16-11-13(10-14,15-4-2)12-7-8-12/h12,15H,3-9,11H2,1-2H3. The average molecular weight is 240 g/mol. The summed E-state index contributed by atoms with van der Waals surface area (Å²) in [5, 5.41) is 12.8. The van der Waals surface area contributed by atoms with Crippen molar-refractivity contribution in [2.45, 2.75) is 51.5 Å². The molecule has 2 nitrogen and oxygen atoms in total. The van der Waals surface area contributed by atoms with Crippen molar-refractivity contribution < 1.29 is 0 Å². The van der Waals surface area contributed by atoms with Gasteiger partial charge in [0.1, 0.15) is 5.54 Å². The van der Waals surface area contributed by atoms with Crippen molar-refractivity contribution in [2.75, 3.05) is 18.1 Å². The number of nitrogens with one attached hydrogen (secondary N) is 1. The molecule has 3 heteroatoms. The predicted octanol–water partition coefficient (Wildman–Crippen LogP) is 3.19. The lowest BCUT2D eigenvalue weighted by Gasteiger charge is -2.27. The smallest absolute Gasteiger partial charge is 0.118 e. The van der Waals surface area contributed by atoms with Crippen LogP contribution in [0, 0.1) is 17.2 Å². The molecule has 1 atom stereocenters. The van der Waals surface area contributed by atoms with Crippen LogP contribution in [0.4, 0.5) is 0 Å². The first-order valence-corrected chi connectivity index (χ1v) is 7.68. The van der Waals surface area contributed by atoms with Gasteiger partial charge in [0.25, 0.3) is 0 Å². The molecule has 0 aromatic carbocycles. The highest BCUT2D eigenvalue weighted by molar-refractivity contribution is 7.99. The number of nitrogens with zero attached hydrogens (tertiary/aromatic N) is 1. The van der Waals surface area contributed by atoms with Gasteiger partial charge in [-0.1, -0.05) is 26.7 Å². The zero-order chi connectivity index (χ0) is 11.9. The molecular weight excluding hydrogens is 216 g/mol. The molecule has 0 spiro atoms. The lowest BCUT2D eigenvalue weighted by atomic mass is 9.98. The Balaban J connectivity index is 2.30. The average Bonchev–Trinajstić information content (AvgIpc) is 3.11. The van der Waals surface area contributed by atoms with Crippen LogP contribution in [0.5, 0.6) is 0 Å². The largest absolute Gasteiger partial charge is 0.299 e.